The van der Waals surface area contributed by atoms with Gasteiger partial charge in [-0.1, -0.05) is 0 Å². The lowest BCUT2D eigenvalue weighted by molar-refractivity contribution is 0.0993. The molecule has 0 fully saturated rings. The van der Waals surface area contributed by atoms with E-state index in [1.807, 2.05) is 6.07 Å². The zero-order chi connectivity index (χ0) is 12.4. The van der Waals surface area contributed by atoms with Crippen molar-refractivity contribution in [1.82, 2.24) is 9.78 Å². The molecule has 0 aliphatic heterocycles. The maximum Gasteiger partial charge on any atom is 0.267 e. The molecule has 0 spiro atoms. The third-order valence-electron chi connectivity index (χ3n) is 2.32. The van der Waals surface area contributed by atoms with Crippen LogP contribution in [0.25, 0.3) is 5.69 Å². The summed E-state index contributed by atoms with van der Waals surface area (Å²) in [7, 11) is 0. The molecule has 84 valence electrons. The monoisotopic (exact) mass is 226 g/mol. The summed E-state index contributed by atoms with van der Waals surface area (Å²) in [5.74, 6) is -0.532. The Labute approximate surface area is 98.1 Å². The number of aromatic nitrogens is 2. The van der Waals surface area contributed by atoms with Gasteiger partial charge in [-0.15, -0.1) is 0 Å². The molecule has 0 bridgehead atoms. The van der Waals surface area contributed by atoms with Crippen LogP contribution in [0.15, 0.2) is 30.3 Å². The molecule has 0 saturated carbocycles. The average Bonchev–Trinajstić information content (AvgIpc) is 2.72. The van der Waals surface area contributed by atoms with Crippen molar-refractivity contribution >= 4 is 5.91 Å². The van der Waals surface area contributed by atoms with Crippen molar-refractivity contribution in [2.24, 2.45) is 5.73 Å². The maximum atomic E-state index is 11.2. The highest BCUT2D eigenvalue weighted by Crippen LogP contribution is 2.13. The Morgan fingerprint density at radius 1 is 1.41 bits per heavy atom. The Balaban J connectivity index is 2.52. The van der Waals surface area contributed by atoms with Crippen LogP contribution in [0.1, 0.15) is 21.7 Å². The van der Waals surface area contributed by atoms with Crippen LogP contribution in [-0.2, 0) is 0 Å². The number of hydrogen-bond donors (Lipinski definition) is 1. The molecule has 1 aromatic carbocycles. The Hall–Kier alpha value is -2.61. The van der Waals surface area contributed by atoms with E-state index in [1.165, 1.54) is 4.68 Å². The zero-order valence-electron chi connectivity index (χ0n) is 9.21. The van der Waals surface area contributed by atoms with E-state index in [2.05, 4.69) is 5.10 Å². The van der Waals surface area contributed by atoms with E-state index in [0.717, 1.165) is 0 Å². The fourth-order valence-electron chi connectivity index (χ4n) is 1.55. The SMILES string of the molecule is Cc1cc(C(N)=O)n(-c2ccc(C#N)cc2)n1. The van der Waals surface area contributed by atoms with Crippen LogP contribution in [-0.4, -0.2) is 15.7 Å². The van der Waals surface area contributed by atoms with Crippen LogP contribution in [0.3, 0.4) is 0 Å². The molecule has 1 aromatic heterocycles. The van der Waals surface area contributed by atoms with Crippen molar-refractivity contribution in [3.8, 4) is 11.8 Å². The van der Waals surface area contributed by atoms with E-state index in [-0.39, 0.29) is 0 Å². The van der Waals surface area contributed by atoms with Crippen LogP contribution in [0.2, 0.25) is 0 Å². The Kier molecular flexibility index (Phi) is 2.63. The van der Waals surface area contributed by atoms with Crippen molar-refractivity contribution in [3.63, 3.8) is 0 Å². The predicted molar refractivity (Wildman–Crippen MR) is 61.5 cm³/mol. The molecule has 1 amide bonds. The first-order valence-electron chi connectivity index (χ1n) is 4.99. The van der Waals surface area contributed by atoms with Gasteiger partial charge >= 0.3 is 0 Å². The number of carbonyl (C=O) groups excluding carboxylic acids is 1. The number of amides is 1. The summed E-state index contributed by atoms with van der Waals surface area (Å²) in [5.41, 5.74) is 7.56. The Bertz CT molecular complexity index is 604. The van der Waals surface area contributed by atoms with Gasteiger partial charge in [0.2, 0.25) is 0 Å². The molecule has 0 aliphatic carbocycles. The van der Waals surface area contributed by atoms with E-state index in [4.69, 9.17) is 11.0 Å². The summed E-state index contributed by atoms with van der Waals surface area (Å²) in [4.78, 5) is 11.2. The minimum Gasteiger partial charge on any atom is -0.364 e. The lowest BCUT2D eigenvalue weighted by Gasteiger charge is -2.04. The number of aryl methyl sites for hydroxylation is 1. The molecule has 0 aliphatic rings. The second-order valence-electron chi connectivity index (χ2n) is 3.61. The highest BCUT2D eigenvalue weighted by Gasteiger charge is 2.11. The molecule has 1 heterocycles. The molecule has 2 aromatic rings. The van der Waals surface area contributed by atoms with Crippen molar-refractivity contribution in [1.29, 1.82) is 5.26 Å². The predicted octanol–water partition coefficient (Wildman–Crippen LogP) is 1.15. The Morgan fingerprint density at radius 2 is 2.06 bits per heavy atom. The number of carbonyl (C=O) groups is 1. The van der Waals surface area contributed by atoms with Gasteiger partial charge in [0.15, 0.2) is 0 Å². The smallest absolute Gasteiger partial charge is 0.267 e. The van der Waals surface area contributed by atoms with Crippen molar-refractivity contribution < 1.29 is 4.79 Å². The largest absolute Gasteiger partial charge is 0.364 e. The standard InChI is InChI=1S/C12H10N4O/c1-8-6-11(12(14)17)16(15-8)10-4-2-9(7-13)3-5-10/h2-6H,1H3,(H2,14,17). The first kappa shape index (κ1) is 10.9. The Morgan fingerprint density at radius 3 is 2.59 bits per heavy atom. The van der Waals surface area contributed by atoms with Crippen LogP contribution < -0.4 is 5.73 Å². The summed E-state index contributed by atoms with van der Waals surface area (Å²) in [6.45, 7) is 1.78. The summed E-state index contributed by atoms with van der Waals surface area (Å²) in [5, 5.41) is 12.9. The third kappa shape index (κ3) is 2.01. The van der Waals surface area contributed by atoms with Gasteiger partial charge in [-0.25, -0.2) is 4.68 Å². The van der Waals surface area contributed by atoms with E-state index >= 15 is 0 Å². The van der Waals surface area contributed by atoms with Gasteiger partial charge in [-0.3, -0.25) is 4.79 Å². The quantitative estimate of drug-likeness (QED) is 0.833. The van der Waals surface area contributed by atoms with Gasteiger partial charge < -0.3 is 5.73 Å². The topological polar surface area (TPSA) is 84.7 Å². The van der Waals surface area contributed by atoms with Gasteiger partial charge in [0.25, 0.3) is 5.91 Å². The number of nitriles is 1. The molecule has 5 nitrogen and oxygen atoms in total. The number of nitrogens with two attached hydrogens (primary N) is 1. The van der Waals surface area contributed by atoms with Gasteiger partial charge in [0, 0.05) is 0 Å². The van der Waals surface area contributed by atoms with Gasteiger partial charge in [-0.2, -0.15) is 10.4 Å². The fraction of sp³-hybridized carbons (Fsp3) is 0.0833. The van der Waals surface area contributed by atoms with Gasteiger partial charge in [0.1, 0.15) is 5.69 Å². The van der Waals surface area contributed by atoms with Gasteiger partial charge in [0.05, 0.1) is 23.0 Å². The maximum absolute atomic E-state index is 11.2. The van der Waals surface area contributed by atoms with Crippen LogP contribution >= 0.6 is 0 Å². The second kappa shape index (κ2) is 4.10. The number of benzene rings is 1. The third-order valence-corrected chi connectivity index (χ3v) is 2.32. The van der Waals surface area contributed by atoms with Crippen LogP contribution in [0.4, 0.5) is 0 Å². The number of primary amides is 1. The summed E-state index contributed by atoms with van der Waals surface area (Å²) >= 11 is 0. The first-order chi connectivity index (χ1) is 8.11. The fourth-order valence-corrected chi connectivity index (χ4v) is 1.55. The molecule has 17 heavy (non-hydrogen) atoms. The summed E-state index contributed by atoms with van der Waals surface area (Å²) in [6, 6.07) is 10.4. The van der Waals surface area contributed by atoms with E-state index in [1.54, 1.807) is 37.3 Å². The van der Waals surface area contributed by atoms with Gasteiger partial charge in [-0.05, 0) is 37.3 Å². The minimum atomic E-state index is -0.532. The molecule has 2 rings (SSSR count). The molecule has 0 saturated heterocycles. The van der Waals surface area contributed by atoms with E-state index in [9.17, 15) is 4.79 Å². The first-order valence-corrected chi connectivity index (χ1v) is 4.99. The number of hydrogen-bond acceptors (Lipinski definition) is 3. The molecule has 0 atom stereocenters. The summed E-state index contributed by atoms with van der Waals surface area (Å²) < 4.78 is 1.47. The molecular weight excluding hydrogens is 216 g/mol. The lowest BCUT2D eigenvalue weighted by Crippen LogP contribution is -2.16. The normalized spacial score (nSPS) is 9.88. The molecule has 0 unspecified atom stereocenters. The second-order valence-corrected chi connectivity index (χ2v) is 3.61. The average molecular weight is 226 g/mol. The lowest BCUT2D eigenvalue weighted by atomic mass is 10.2. The van der Waals surface area contributed by atoms with Crippen molar-refractivity contribution in [2.75, 3.05) is 0 Å². The highest BCUT2D eigenvalue weighted by atomic mass is 16.1. The highest BCUT2D eigenvalue weighted by molar-refractivity contribution is 5.91. The molecule has 2 N–H and O–H groups in total. The summed E-state index contributed by atoms with van der Waals surface area (Å²) in [6.07, 6.45) is 0. The van der Waals surface area contributed by atoms with E-state index < -0.39 is 5.91 Å². The number of nitrogens with zero attached hydrogens (tertiary/aromatic N) is 3. The molecule has 5 heteroatoms. The minimum absolute atomic E-state index is 0.326. The van der Waals surface area contributed by atoms with Crippen LogP contribution in [0.5, 0.6) is 0 Å². The van der Waals surface area contributed by atoms with Crippen molar-refractivity contribution in [3.05, 3.63) is 47.3 Å². The number of rotatable bonds is 2. The van der Waals surface area contributed by atoms with E-state index in [0.29, 0.717) is 22.6 Å². The van der Waals surface area contributed by atoms with Crippen LogP contribution in [0, 0.1) is 18.3 Å². The molecular formula is C12H10N4O. The zero-order valence-corrected chi connectivity index (χ0v) is 9.21. The van der Waals surface area contributed by atoms with Crippen molar-refractivity contribution in [2.45, 2.75) is 6.92 Å². The molecule has 0 radical (unpaired) electrons.